The maximum atomic E-state index is 11.2. The quantitative estimate of drug-likeness (QED) is 0.810. The summed E-state index contributed by atoms with van der Waals surface area (Å²) in [5, 5.41) is 3.89. The zero-order valence-electron chi connectivity index (χ0n) is 11.1. The lowest BCUT2D eigenvalue weighted by Crippen LogP contribution is -2.49. The van der Waals surface area contributed by atoms with Gasteiger partial charge in [0, 0.05) is 28.1 Å². The summed E-state index contributed by atoms with van der Waals surface area (Å²) in [4.78, 5) is 0. The molecule has 0 spiro atoms. The van der Waals surface area contributed by atoms with Gasteiger partial charge in [0.15, 0.2) is 0 Å². The molecule has 0 aliphatic carbocycles. The molecule has 1 aromatic carbocycles. The molecule has 108 valence electrons. The smallest absolute Gasteiger partial charge is 0.209 e. The highest BCUT2D eigenvalue weighted by atomic mass is 79.9. The summed E-state index contributed by atoms with van der Waals surface area (Å²) in [7, 11) is -3.22. The second-order valence-corrected chi connectivity index (χ2v) is 8.17. The van der Waals surface area contributed by atoms with Crippen LogP contribution in [-0.4, -0.2) is 26.8 Å². The number of sulfonamides is 1. The van der Waals surface area contributed by atoms with Crippen LogP contribution in [0.3, 0.4) is 0 Å². The van der Waals surface area contributed by atoms with Crippen molar-refractivity contribution < 1.29 is 8.42 Å². The molecule has 0 radical (unpaired) electrons. The van der Waals surface area contributed by atoms with Crippen molar-refractivity contribution in [2.24, 2.45) is 0 Å². The third kappa shape index (κ3) is 6.72. The average Bonchev–Trinajstić information content (AvgIpc) is 2.19. The third-order valence-corrected chi connectivity index (χ3v) is 4.14. The highest BCUT2D eigenvalue weighted by Gasteiger charge is 2.21. The molecule has 0 aliphatic heterocycles. The summed E-state index contributed by atoms with van der Waals surface area (Å²) in [6.45, 7) is 4.73. The average molecular weight is 370 g/mol. The van der Waals surface area contributed by atoms with E-state index in [4.69, 9.17) is 11.6 Å². The lowest BCUT2D eigenvalue weighted by atomic mass is 10.1. The lowest BCUT2D eigenvalue weighted by molar-refractivity contribution is 0.421. The van der Waals surface area contributed by atoms with Crippen LogP contribution >= 0.6 is 27.5 Å². The molecular formula is C12H18BrClN2O2S. The van der Waals surface area contributed by atoms with Crippen molar-refractivity contribution in [1.29, 1.82) is 0 Å². The Hall–Kier alpha value is -0.140. The monoisotopic (exact) mass is 368 g/mol. The van der Waals surface area contributed by atoms with Gasteiger partial charge in [-0.2, -0.15) is 0 Å². The van der Waals surface area contributed by atoms with Gasteiger partial charge in [-0.1, -0.05) is 27.5 Å². The standard InChI is InChI=1S/C12H18BrClN2O2S/c1-12(2,16-19(3,17)18)8-15-7-9-6-10(13)4-5-11(9)14/h4-6,15-16H,7-8H2,1-3H3. The van der Waals surface area contributed by atoms with Gasteiger partial charge in [-0.25, -0.2) is 13.1 Å². The van der Waals surface area contributed by atoms with E-state index < -0.39 is 15.6 Å². The Balaban J connectivity index is 2.56. The predicted molar refractivity (Wildman–Crippen MR) is 82.9 cm³/mol. The molecule has 0 aliphatic rings. The van der Waals surface area contributed by atoms with Crippen molar-refractivity contribution >= 4 is 37.6 Å². The minimum Gasteiger partial charge on any atom is -0.311 e. The van der Waals surface area contributed by atoms with Gasteiger partial charge in [-0.05, 0) is 37.6 Å². The van der Waals surface area contributed by atoms with E-state index in [1.54, 1.807) is 0 Å². The van der Waals surface area contributed by atoms with E-state index in [2.05, 4.69) is 26.0 Å². The van der Waals surface area contributed by atoms with Crippen LogP contribution in [0.5, 0.6) is 0 Å². The van der Waals surface area contributed by atoms with E-state index in [1.807, 2.05) is 32.0 Å². The number of hydrogen-bond acceptors (Lipinski definition) is 3. The Morgan fingerprint density at radius 3 is 2.58 bits per heavy atom. The molecule has 0 amide bonds. The first kappa shape index (κ1) is 16.9. The van der Waals surface area contributed by atoms with Crippen LogP contribution in [0.25, 0.3) is 0 Å². The Bertz CT molecular complexity index is 547. The molecule has 0 unspecified atom stereocenters. The lowest BCUT2D eigenvalue weighted by Gasteiger charge is -2.25. The molecule has 0 saturated carbocycles. The van der Waals surface area contributed by atoms with Crippen molar-refractivity contribution in [3.8, 4) is 0 Å². The fourth-order valence-corrected chi connectivity index (χ4v) is 3.40. The van der Waals surface area contributed by atoms with E-state index in [1.165, 1.54) is 0 Å². The van der Waals surface area contributed by atoms with Crippen LogP contribution in [0, 0.1) is 0 Å². The van der Waals surface area contributed by atoms with Gasteiger partial charge in [0.25, 0.3) is 0 Å². The molecule has 7 heteroatoms. The van der Waals surface area contributed by atoms with Crippen molar-refractivity contribution in [3.63, 3.8) is 0 Å². The number of rotatable bonds is 6. The molecule has 0 bridgehead atoms. The summed E-state index contributed by atoms with van der Waals surface area (Å²) >= 11 is 9.47. The van der Waals surface area contributed by atoms with Crippen molar-refractivity contribution in [1.82, 2.24) is 10.0 Å². The molecule has 1 aromatic rings. The van der Waals surface area contributed by atoms with Gasteiger partial charge < -0.3 is 5.32 Å². The molecule has 0 saturated heterocycles. The Kier molecular flexibility index (Phi) is 5.82. The maximum absolute atomic E-state index is 11.2. The summed E-state index contributed by atoms with van der Waals surface area (Å²) in [6, 6.07) is 5.63. The fraction of sp³-hybridized carbons (Fsp3) is 0.500. The first-order chi connectivity index (χ1) is 8.59. The van der Waals surface area contributed by atoms with E-state index in [-0.39, 0.29) is 0 Å². The zero-order valence-corrected chi connectivity index (χ0v) is 14.3. The molecule has 4 nitrogen and oxygen atoms in total. The summed E-state index contributed by atoms with van der Waals surface area (Å²) in [5.74, 6) is 0. The first-order valence-corrected chi connectivity index (χ1v) is 8.79. The van der Waals surface area contributed by atoms with Gasteiger partial charge >= 0.3 is 0 Å². The highest BCUT2D eigenvalue weighted by molar-refractivity contribution is 9.10. The van der Waals surface area contributed by atoms with Crippen LogP contribution in [-0.2, 0) is 16.6 Å². The normalized spacial score (nSPS) is 12.7. The SMILES string of the molecule is CC(C)(CNCc1cc(Br)ccc1Cl)NS(C)(=O)=O. The second-order valence-electron chi connectivity index (χ2n) is 5.10. The molecule has 0 heterocycles. The molecule has 1 rings (SSSR count). The number of nitrogens with one attached hydrogen (secondary N) is 2. The fourth-order valence-electron chi connectivity index (χ4n) is 1.73. The van der Waals surface area contributed by atoms with E-state index in [0.29, 0.717) is 18.1 Å². The van der Waals surface area contributed by atoms with Gasteiger partial charge in [0.1, 0.15) is 0 Å². The highest BCUT2D eigenvalue weighted by Crippen LogP contribution is 2.20. The molecule has 0 atom stereocenters. The van der Waals surface area contributed by atoms with Crippen LogP contribution in [0.15, 0.2) is 22.7 Å². The van der Waals surface area contributed by atoms with Crippen LogP contribution in [0.4, 0.5) is 0 Å². The van der Waals surface area contributed by atoms with Crippen molar-refractivity contribution in [2.45, 2.75) is 25.9 Å². The van der Waals surface area contributed by atoms with Crippen LogP contribution < -0.4 is 10.0 Å². The molecular weight excluding hydrogens is 352 g/mol. The van der Waals surface area contributed by atoms with E-state index in [9.17, 15) is 8.42 Å². The summed E-state index contributed by atoms with van der Waals surface area (Å²) in [5.41, 5.74) is 0.415. The maximum Gasteiger partial charge on any atom is 0.209 e. The topological polar surface area (TPSA) is 58.2 Å². The minimum atomic E-state index is -3.22. The molecule has 0 fully saturated rings. The van der Waals surface area contributed by atoms with E-state index >= 15 is 0 Å². The first-order valence-electron chi connectivity index (χ1n) is 5.73. The largest absolute Gasteiger partial charge is 0.311 e. The van der Waals surface area contributed by atoms with Crippen LogP contribution in [0.1, 0.15) is 19.4 Å². The molecule has 0 aromatic heterocycles. The minimum absolute atomic E-state index is 0.503. The number of hydrogen-bond donors (Lipinski definition) is 2. The van der Waals surface area contributed by atoms with Crippen LogP contribution in [0.2, 0.25) is 5.02 Å². The Morgan fingerprint density at radius 2 is 2.00 bits per heavy atom. The zero-order chi connectivity index (χ0) is 14.7. The van der Waals surface area contributed by atoms with Gasteiger partial charge in [0.2, 0.25) is 10.0 Å². The number of benzene rings is 1. The Morgan fingerprint density at radius 1 is 1.37 bits per heavy atom. The van der Waals surface area contributed by atoms with Crippen molar-refractivity contribution in [2.75, 3.05) is 12.8 Å². The Labute approximate surface area is 128 Å². The van der Waals surface area contributed by atoms with Crippen molar-refractivity contribution in [3.05, 3.63) is 33.3 Å². The second kappa shape index (κ2) is 6.54. The van der Waals surface area contributed by atoms with E-state index in [0.717, 1.165) is 16.3 Å². The predicted octanol–water partition coefficient (Wildman–Crippen LogP) is 2.52. The number of halogens is 2. The van der Waals surface area contributed by atoms with Gasteiger partial charge in [-0.3, -0.25) is 0 Å². The van der Waals surface area contributed by atoms with Gasteiger partial charge in [0.05, 0.1) is 6.26 Å². The van der Waals surface area contributed by atoms with Gasteiger partial charge in [-0.15, -0.1) is 0 Å². The molecule has 2 N–H and O–H groups in total. The molecule has 19 heavy (non-hydrogen) atoms. The summed E-state index contributed by atoms with van der Waals surface area (Å²) in [6.07, 6.45) is 1.15. The summed E-state index contributed by atoms with van der Waals surface area (Å²) < 4.78 is 26.0. The third-order valence-electron chi connectivity index (χ3n) is 2.35.